The molecule has 2 rings (SSSR count). The van der Waals surface area contributed by atoms with E-state index in [1.165, 1.54) is 19.1 Å². The Hall–Kier alpha value is -2.69. The van der Waals surface area contributed by atoms with Crippen molar-refractivity contribution in [1.82, 2.24) is 10.6 Å². The fourth-order valence-corrected chi connectivity index (χ4v) is 2.53. The highest BCUT2D eigenvalue weighted by molar-refractivity contribution is 5.94. The van der Waals surface area contributed by atoms with Gasteiger partial charge < -0.3 is 10.6 Å². The van der Waals surface area contributed by atoms with Crippen LogP contribution in [0, 0.1) is 11.7 Å². The lowest BCUT2D eigenvalue weighted by Crippen LogP contribution is -2.31. The number of nitrogens with one attached hydrogen (secondary N) is 2. The molecule has 0 heterocycles. The molecule has 4 nitrogen and oxygen atoms in total. The third-order valence-electron chi connectivity index (χ3n) is 3.94. The van der Waals surface area contributed by atoms with Crippen molar-refractivity contribution in [3.8, 4) is 0 Å². The van der Waals surface area contributed by atoms with Gasteiger partial charge in [0.15, 0.2) is 0 Å². The van der Waals surface area contributed by atoms with Crippen LogP contribution in [-0.4, -0.2) is 11.8 Å². The van der Waals surface area contributed by atoms with Crippen molar-refractivity contribution >= 4 is 11.8 Å². The predicted octanol–water partition coefficient (Wildman–Crippen LogP) is 3.59. The molecule has 2 N–H and O–H groups in total. The van der Waals surface area contributed by atoms with Crippen molar-refractivity contribution in [1.29, 1.82) is 0 Å². The monoisotopic (exact) mass is 342 g/mol. The molecule has 132 valence electrons. The minimum atomic E-state index is -0.299. The zero-order chi connectivity index (χ0) is 18.4. The summed E-state index contributed by atoms with van der Waals surface area (Å²) < 4.78 is 13.1. The maximum absolute atomic E-state index is 13.1. The van der Waals surface area contributed by atoms with Gasteiger partial charge >= 0.3 is 0 Å². The highest BCUT2D eigenvalue weighted by Gasteiger charge is 2.19. The third kappa shape index (κ3) is 5.41. The Bertz CT molecular complexity index is 724. The Morgan fingerprint density at radius 3 is 2.12 bits per heavy atom. The Labute approximate surface area is 147 Å². The van der Waals surface area contributed by atoms with Gasteiger partial charge in [0.05, 0.1) is 6.04 Å². The van der Waals surface area contributed by atoms with E-state index in [2.05, 4.69) is 10.6 Å². The molecular weight excluding hydrogens is 319 g/mol. The van der Waals surface area contributed by atoms with E-state index in [1.807, 2.05) is 26.0 Å². The van der Waals surface area contributed by atoms with E-state index < -0.39 is 0 Å². The maximum Gasteiger partial charge on any atom is 0.251 e. The Morgan fingerprint density at radius 1 is 1.00 bits per heavy atom. The first-order valence-electron chi connectivity index (χ1n) is 8.26. The summed E-state index contributed by atoms with van der Waals surface area (Å²) in [6.07, 6.45) is 0. The summed E-state index contributed by atoms with van der Waals surface area (Å²) in [5.74, 6) is -0.421. The summed E-state index contributed by atoms with van der Waals surface area (Å²) in [6.45, 7) is 5.90. The quantitative estimate of drug-likeness (QED) is 0.843. The first-order chi connectivity index (χ1) is 11.9. The number of hydrogen-bond acceptors (Lipinski definition) is 2. The summed E-state index contributed by atoms with van der Waals surface area (Å²) in [6, 6.07) is 13.1. The van der Waals surface area contributed by atoms with E-state index in [0.29, 0.717) is 12.1 Å². The summed E-state index contributed by atoms with van der Waals surface area (Å²) >= 11 is 0. The van der Waals surface area contributed by atoms with Gasteiger partial charge in [0.1, 0.15) is 5.82 Å². The summed E-state index contributed by atoms with van der Waals surface area (Å²) in [4.78, 5) is 23.5. The van der Waals surface area contributed by atoms with Crippen molar-refractivity contribution < 1.29 is 14.0 Å². The number of hydrogen-bond donors (Lipinski definition) is 2. The average molecular weight is 342 g/mol. The highest BCUT2D eigenvalue weighted by atomic mass is 19.1. The van der Waals surface area contributed by atoms with Crippen LogP contribution >= 0.6 is 0 Å². The van der Waals surface area contributed by atoms with Gasteiger partial charge in [-0.25, -0.2) is 4.39 Å². The summed E-state index contributed by atoms with van der Waals surface area (Å²) in [5.41, 5.74) is 2.33. The predicted molar refractivity (Wildman–Crippen MR) is 95.4 cm³/mol. The van der Waals surface area contributed by atoms with E-state index in [1.54, 1.807) is 24.3 Å². The zero-order valence-corrected chi connectivity index (χ0v) is 14.7. The van der Waals surface area contributed by atoms with Crippen LogP contribution in [0.4, 0.5) is 4.39 Å². The minimum Gasteiger partial charge on any atom is -0.352 e. The van der Waals surface area contributed by atoms with Gasteiger partial charge in [0.2, 0.25) is 5.91 Å². The first kappa shape index (κ1) is 18.6. The van der Waals surface area contributed by atoms with Crippen molar-refractivity contribution in [3.05, 3.63) is 71.0 Å². The van der Waals surface area contributed by atoms with Crippen LogP contribution in [0.1, 0.15) is 48.3 Å². The van der Waals surface area contributed by atoms with Gasteiger partial charge in [0.25, 0.3) is 5.91 Å². The maximum atomic E-state index is 13.1. The van der Waals surface area contributed by atoms with Gasteiger partial charge in [-0.2, -0.15) is 0 Å². The fraction of sp³-hybridized carbons (Fsp3) is 0.300. The van der Waals surface area contributed by atoms with E-state index in [-0.39, 0.29) is 29.6 Å². The molecule has 0 saturated carbocycles. The van der Waals surface area contributed by atoms with Crippen LogP contribution in [-0.2, 0) is 11.3 Å². The van der Waals surface area contributed by atoms with Crippen LogP contribution in [0.25, 0.3) is 0 Å². The molecule has 2 amide bonds. The molecule has 2 aromatic rings. The lowest BCUT2D eigenvalue weighted by Gasteiger charge is -2.23. The summed E-state index contributed by atoms with van der Waals surface area (Å²) in [5, 5.41) is 5.72. The fourth-order valence-electron chi connectivity index (χ4n) is 2.53. The van der Waals surface area contributed by atoms with Crippen molar-refractivity contribution in [3.63, 3.8) is 0 Å². The molecular formula is C20H23FN2O2. The van der Waals surface area contributed by atoms with Crippen LogP contribution in [0.3, 0.4) is 0 Å². The second kappa shape index (κ2) is 8.42. The van der Waals surface area contributed by atoms with E-state index >= 15 is 0 Å². The number of halogens is 1. The molecule has 0 spiro atoms. The topological polar surface area (TPSA) is 58.2 Å². The van der Waals surface area contributed by atoms with E-state index in [9.17, 15) is 14.0 Å². The molecule has 0 bridgehead atoms. The molecule has 0 saturated heterocycles. The molecule has 0 aliphatic carbocycles. The van der Waals surface area contributed by atoms with Crippen molar-refractivity contribution in [2.45, 2.75) is 33.4 Å². The second-order valence-electron chi connectivity index (χ2n) is 6.35. The Balaban J connectivity index is 2.07. The first-order valence-corrected chi connectivity index (χ1v) is 8.26. The molecule has 0 unspecified atom stereocenters. The van der Waals surface area contributed by atoms with Crippen LogP contribution < -0.4 is 10.6 Å². The van der Waals surface area contributed by atoms with Gasteiger partial charge in [0, 0.05) is 19.0 Å². The van der Waals surface area contributed by atoms with Gasteiger partial charge in [-0.15, -0.1) is 0 Å². The molecule has 0 aliphatic heterocycles. The lowest BCUT2D eigenvalue weighted by atomic mass is 9.95. The third-order valence-corrected chi connectivity index (χ3v) is 3.94. The Morgan fingerprint density at radius 2 is 1.60 bits per heavy atom. The van der Waals surface area contributed by atoms with Crippen LogP contribution in [0.2, 0.25) is 0 Å². The second-order valence-corrected chi connectivity index (χ2v) is 6.35. The van der Waals surface area contributed by atoms with Crippen LogP contribution in [0.15, 0.2) is 48.5 Å². The molecule has 5 heteroatoms. The van der Waals surface area contributed by atoms with Crippen LogP contribution in [0.5, 0.6) is 0 Å². The number of carbonyl (C=O) groups is 2. The van der Waals surface area contributed by atoms with Gasteiger partial charge in [-0.3, -0.25) is 9.59 Å². The van der Waals surface area contributed by atoms with E-state index in [4.69, 9.17) is 0 Å². The molecule has 0 fully saturated rings. The van der Waals surface area contributed by atoms with E-state index in [0.717, 1.165) is 11.1 Å². The lowest BCUT2D eigenvalue weighted by molar-refractivity contribution is -0.119. The standard InChI is InChI=1S/C20H23FN2O2/c1-13(2)19(16-8-10-18(21)11-9-16)23-20(25)17-6-4-15(5-7-17)12-22-14(3)24/h4-11,13,19H,12H2,1-3H3,(H,22,24)(H,23,25)/t19-/m0/s1. The Kier molecular flexibility index (Phi) is 6.28. The molecule has 0 radical (unpaired) electrons. The summed E-state index contributed by atoms with van der Waals surface area (Å²) in [7, 11) is 0. The van der Waals surface area contributed by atoms with Gasteiger partial charge in [-0.05, 0) is 41.3 Å². The molecule has 0 aliphatic rings. The minimum absolute atomic E-state index is 0.0964. The molecule has 0 aromatic heterocycles. The highest BCUT2D eigenvalue weighted by Crippen LogP contribution is 2.22. The van der Waals surface area contributed by atoms with Gasteiger partial charge in [-0.1, -0.05) is 38.1 Å². The molecule has 25 heavy (non-hydrogen) atoms. The average Bonchev–Trinajstić information content (AvgIpc) is 2.59. The SMILES string of the molecule is CC(=O)NCc1ccc(C(=O)N[C@H](c2ccc(F)cc2)C(C)C)cc1. The number of carbonyl (C=O) groups excluding carboxylic acids is 2. The normalized spacial score (nSPS) is 11.9. The molecule has 1 atom stereocenters. The number of benzene rings is 2. The number of rotatable bonds is 6. The van der Waals surface area contributed by atoms with Crippen molar-refractivity contribution in [2.24, 2.45) is 5.92 Å². The largest absolute Gasteiger partial charge is 0.352 e. The van der Waals surface area contributed by atoms with Crippen molar-refractivity contribution in [2.75, 3.05) is 0 Å². The zero-order valence-electron chi connectivity index (χ0n) is 14.7. The molecule has 2 aromatic carbocycles. The number of amides is 2. The smallest absolute Gasteiger partial charge is 0.251 e.